The Bertz CT molecular complexity index is 2520. The van der Waals surface area contributed by atoms with E-state index in [-0.39, 0.29) is 61.9 Å². The summed E-state index contributed by atoms with van der Waals surface area (Å²) in [4.78, 5) is 58.6. The van der Waals surface area contributed by atoms with Crippen molar-refractivity contribution in [2.45, 2.75) is 117 Å². The Labute approximate surface area is 393 Å². The van der Waals surface area contributed by atoms with Gasteiger partial charge in [0.05, 0.1) is 42.2 Å². The Hall–Kier alpha value is -5.03. The topological polar surface area (TPSA) is 195 Å². The van der Waals surface area contributed by atoms with Gasteiger partial charge in [-0.3, -0.25) is 14.6 Å². The zero-order valence-electron chi connectivity index (χ0n) is 40.8. The molecular formula is C51H70N6O10. The Kier molecular flexibility index (Phi) is 13.3. The van der Waals surface area contributed by atoms with Gasteiger partial charge in [-0.25, -0.2) is 9.79 Å². The van der Waals surface area contributed by atoms with Crippen molar-refractivity contribution in [1.29, 1.82) is 0 Å². The Balaban J connectivity index is 1.18. The van der Waals surface area contributed by atoms with Gasteiger partial charge < -0.3 is 54.3 Å². The number of benzene rings is 2. The number of likely N-dealkylation sites (tertiary alicyclic amines) is 2. The van der Waals surface area contributed by atoms with Crippen LogP contribution in [0.5, 0.6) is 17.2 Å². The number of nitrogens with zero attached hydrogens (tertiary/aromatic N) is 5. The van der Waals surface area contributed by atoms with Crippen LogP contribution in [0.25, 0.3) is 10.8 Å². The summed E-state index contributed by atoms with van der Waals surface area (Å²) in [5.41, 5.74) is -0.268. The molecule has 7 aliphatic heterocycles. The summed E-state index contributed by atoms with van der Waals surface area (Å²) < 4.78 is 25.0. The van der Waals surface area contributed by atoms with Crippen LogP contribution in [0.15, 0.2) is 46.1 Å². The number of phenolic OH excluding ortho intramolecular Hbond substituents is 2. The number of hydrogen-bond acceptors (Lipinski definition) is 14. The molecule has 4 N–H and O–H groups in total. The number of morpholine rings is 1. The summed E-state index contributed by atoms with van der Waals surface area (Å²) in [5, 5.41) is 39.8. The maximum absolute atomic E-state index is 14.8. The van der Waals surface area contributed by atoms with E-state index in [1.54, 1.807) is 37.0 Å². The lowest BCUT2D eigenvalue weighted by molar-refractivity contribution is -0.174. The fourth-order valence-corrected chi connectivity index (χ4v) is 11.2. The average molecular weight is 927 g/mol. The molecule has 0 radical (unpaired) electrons. The third kappa shape index (κ3) is 9.18. The summed E-state index contributed by atoms with van der Waals surface area (Å²) in [6, 6.07) is 0. The van der Waals surface area contributed by atoms with Gasteiger partial charge in [0.25, 0.3) is 11.7 Å². The number of piperidine rings is 1. The van der Waals surface area contributed by atoms with Gasteiger partial charge in [0.1, 0.15) is 39.6 Å². The lowest BCUT2D eigenvalue weighted by Crippen LogP contribution is -2.69. The fraction of sp³-hybridized carbons (Fsp3) is 0.627. The summed E-state index contributed by atoms with van der Waals surface area (Å²) in [7, 11) is 2.02. The zero-order valence-corrected chi connectivity index (χ0v) is 40.8. The van der Waals surface area contributed by atoms with E-state index in [1.165, 1.54) is 13.2 Å². The molecular weight excluding hydrogens is 857 g/mol. The standard InChI is InChI=1S/C51H70N6O10/c1-28(2)24-56-18-16-51(17-19-56)53-38-35-36-42(59)34(8)45-37(35)46(61)49(9,67-45)64-21-12-15-30(4)44(66-48(63)57-20-22-65-50(27-57)25-55(10)26-50)33(7)41(58)32(6)23-29(3)13-11-14-31(5)47(62)52-40(43(36)60)39(38)54-51/h11-14,21,28-30,32-33,41,44,53,58-60H,15-20,22-27H2,1-10H3/b13-11+,21-12+,31-14-,52-40?/t29?,30-,32-,33-,41?,44?,49?/m1/s1. The van der Waals surface area contributed by atoms with Crippen LogP contribution in [0.4, 0.5) is 10.5 Å². The van der Waals surface area contributed by atoms with Crippen molar-refractivity contribution in [3.05, 3.63) is 58.0 Å². The van der Waals surface area contributed by atoms with E-state index < -0.39 is 58.7 Å². The van der Waals surface area contributed by atoms with Crippen LogP contribution in [-0.2, 0) is 19.0 Å². The number of carbonyl (C=O) groups excluding carboxylic acids is 3. The number of Topliss-reactive ketones (excluding diaryl/α,β-unsaturated/α-hetero) is 1. The SMILES string of the molecule is C/C1=C/C=C/C(C)C[C@@H](C)C(O)[C@@H](C)C(OC(=O)N2CCOC3(CN(C)C3)C2)[C@H](C)C/C=C/OC2(C)Oc3c(C)c(O)c4c(O)c(c5c(c4c3C2=O)NC2(CCN(CC(C)C)CC2)N=5)=NC1=O. The van der Waals surface area contributed by atoms with Gasteiger partial charge in [-0.1, -0.05) is 59.8 Å². The molecule has 9 rings (SSSR count). The second-order valence-electron chi connectivity index (χ2n) is 21.1. The van der Waals surface area contributed by atoms with Crippen molar-refractivity contribution in [2.75, 3.05) is 64.8 Å². The van der Waals surface area contributed by atoms with Crippen molar-refractivity contribution in [1.82, 2.24) is 14.7 Å². The van der Waals surface area contributed by atoms with Crippen LogP contribution in [-0.4, -0.2) is 137 Å². The number of phenols is 2. The van der Waals surface area contributed by atoms with Crippen LogP contribution < -0.4 is 20.8 Å². The number of likely N-dealkylation sites (N-methyl/N-ethyl adjacent to an activating group) is 1. The smallest absolute Gasteiger partial charge is 0.410 e. The third-order valence-corrected chi connectivity index (χ3v) is 14.8. The molecule has 2 spiro atoms. The number of aliphatic hydroxyl groups is 1. The van der Waals surface area contributed by atoms with Crippen molar-refractivity contribution in [3.63, 3.8) is 0 Å². The molecule has 67 heavy (non-hydrogen) atoms. The number of aromatic hydroxyl groups is 2. The van der Waals surface area contributed by atoms with Gasteiger partial charge in [-0.2, -0.15) is 0 Å². The molecule has 2 amide bonds. The first-order valence-corrected chi connectivity index (χ1v) is 24.1. The van der Waals surface area contributed by atoms with E-state index in [1.807, 2.05) is 40.8 Å². The van der Waals surface area contributed by atoms with Gasteiger partial charge in [0.2, 0.25) is 0 Å². The van der Waals surface area contributed by atoms with Crippen LogP contribution in [0.2, 0.25) is 0 Å². The minimum absolute atomic E-state index is 0.00183. The molecule has 0 aromatic heterocycles. The van der Waals surface area contributed by atoms with Gasteiger partial charge in [0.15, 0.2) is 5.75 Å². The number of fused-ring (bicyclic) bond motifs is 13. The highest BCUT2D eigenvalue weighted by Crippen LogP contribution is 2.51. The molecule has 2 aromatic carbocycles. The number of rotatable bonds is 3. The van der Waals surface area contributed by atoms with Crippen molar-refractivity contribution < 1.29 is 48.7 Å². The monoisotopic (exact) mass is 927 g/mol. The molecule has 7 aliphatic rings. The highest BCUT2D eigenvalue weighted by atomic mass is 16.7. The molecule has 364 valence electrons. The molecule has 0 saturated carbocycles. The molecule has 3 fully saturated rings. The van der Waals surface area contributed by atoms with Crippen LogP contribution in [0, 0.1) is 36.5 Å². The molecule has 4 unspecified atom stereocenters. The van der Waals surface area contributed by atoms with Gasteiger partial charge in [0, 0.05) is 81.5 Å². The normalized spacial score (nSPS) is 31.9. The predicted molar refractivity (Wildman–Crippen MR) is 253 cm³/mol. The zero-order chi connectivity index (χ0) is 48.3. The van der Waals surface area contributed by atoms with Gasteiger partial charge >= 0.3 is 11.9 Å². The van der Waals surface area contributed by atoms with Crippen molar-refractivity contribution >= 4 is 34.2 Å². The molecule has 2 aromatic rings. The molecule has 16 heteroatoms. The number of amides is 2. The van der Waals surface area contributed by atoms with E-state index >= 15 is 0 Å². The largest absolute Gasteiger partial charge is 0.507 e. The molecule has 16 nitrogen and oxygen atoms in total. The highest BCUT2D eigenvalue weighted by molar-refractivity contribution is 6.21. The quantitative estimate of drug-likeness (QED) is 0.273. The number of carbonyl (C=O) groups is 3. The number of ether oxygens (including phenoxy) is 4. The molecule has 3 saturated heterocycles. The summed E-state index contributed by atoms with van der Waals surface area (Å²) in [6.07, 6.45) is 8.79. The average Bonchev–Trinajstić information content (AvgIpc) is 3.77. The first kappa shape index (κ1) is 48.4. The number of anilines is 1. The van der Waals surface area contributed by atoms with E-state index in [2.05, 4.69) is 34.0 Å². The molecule has 7 atom stereocenters. The van der Waals surface area contributed by atoms with Gasteiger partial charge in [-0.05, 0) is 63.5 Å². The summed E-state index contributed by atoms with van der Waals surface area (Å²) >= 11 is 0. The number of nitrogens with one attached hydrogen (secondary N) is 1. The highest BCUT2D eigenvalue weighted by Gasteiger charge is 2.51. The maximum atomic E-state index is 14.8. The molecule has 0 aliphatic carbocycles. The number of allylic oxidation sites excluding steroid dienone is 4. The van der Waals surface area contributed by atoms with E-state index in [9.17, 15) is 29.7 Å². The lowest BCUT2D eigenvalue weighted by Gasteiger charge is -2.52. The van der Waals surface area contributed by atoms with Crippen LogP contribution in [0.3, 0.4) is 0 Å². The van der Waals surface area contributed by atoms with E-state index in [0.717, 1.165) is 32.7 Å². The summed E-state index contributed by atoms with van der Waals surface area (Å²) in [6.45, 7) is 22.1. The minimum atomic E-state index is -1.88. The maximum Gasteiger partial charge on any atom is 0.410 e. The van der Waals surface area contributed by atoms with Crippen molar-refractivity contribution in [2.24, 2.45) is 39.6 Å². The fourth-order valence-electron chi connectivity index (χ4n) is 11.2. The van der Waals surface area contributed by atoms with Crippen LogP contribution in [0.1, 0.15) is 97.0 Å². The van der Waals surface area contributed by atoms with Crippen LogP contribution >= 0.6 is 0 Å². The second-order valence-corrected chi connectivity index (χ2v) is 21.1. The van der Waals surface area contributed by atoms with E-state index in [4.69, 9.17) is 23.9 Å². The van der Waals surface area contributed by atoms with E-state index in [0.29, 0.717) is 62.6 Å². The third-order valence-electron chi connectivity index (χ3n) is 14.8. The first-order valence-electron chi connectivity index (χ1n) is 24.1. The Morgan fingerprint density at radius 1 is 1.00 bits per heavy atom. The lowest BCUT2D eigenvalue weighted by atomic mass is 9.80. The molecule has 5 bridgehead atoms. The molecule has 7 heterocycles. The minimum Gasteiger partial charge on any atom is -0.507 e. The summed E-state index contributed by atoms with van der Waals surface area (Å²) in [5.74, 6) is -4.21. The van der Waals surface area contributed by atoms with Gasteiger partial charge in [-0.15, -0.1) is 0 Å². The predicted octanol–water partition coefficient (Wildman–Crippen LogP) is 5.74. The number of ketones is 1. The second kappa shape index (κ2) is 18.5. The Morgan fingerprint density at radius 2 is 1.72 bits per heavy atom. The van der Waals surface area contributed by atoms with Crippen molar-refractivity contribution in [3.8, 4) is 17.2 Å². The first-order chi connectivity index (χ1) is 31.6. The number of aliphatic hydroxyl groups excluding tert-OH is 1. The Morgan fingerprint density at radius 3 is 2.40 bits per heavy atom. The number of hydrogen-bond donors (Lipinski definition) is 4.